The van der Waals surface area contributed by atoms with E-state index in [4.69, 9.17) is 4.74 Å². The maximum atomic E-state index is 5.35. The van der Waals surface area contributed by atoms with E-state index >= 15 is 0 Å². The fraction of sp³-hybridized carbons (Fsp3) is 0.538. The third kappa shape index (κ3) is 2.58. The summed E-state index contributed by atoms with van der Waals surface area (Å²) in [7, 11) is 0. The predicted molar refractivity (Wildman–Crippen MR) is 61.7 cm³/mol. The second kappa shape index (κ2) is 5.29. The van der Waals surface area contributed by atoms with Crippen molar-refractivity contribution in [3.8, 4) is 0 Å². The third-order valence-electron chi connectivity index (χ3n) is 2.96. The van der Waals surface area contributed by atoms with Crippen molar-refractivity contribution in [1.82, 2.24) is 5.32 Å². The largest absolute Gasteiger partial charge is 0.382 e. The summed E-state index contributed by atoms with van der Waals surface area (Å²) in [5.74, 6) is 0. The van der Waals surface area contributed by atoms with Crippen LogP contribution >= 0.6 is 0 Å². The van der Waals surface area contributed by atoms with Gasteiger partial charge in [0.05, 0.1) is 0 Å². The summed E-state index contributed by atoms with van der Waals surface area (Å²) < 4.78 is 5.35. The molecule has 2 heteroatoms. The van der Waals surface area contributed by atoms with Gasteiger partial charge in [-0.25, -0.2) is 0 Å². The summed E-state index contributed by atoms with van der Waals surface area (Å²) in [6, 6.07) is 9.23. The molecule has 2 rings (SSSR count). The Kier molecular flexibility index (Phi) is 3.75. The Labute approximate surface area is 91.6 Å². The molecule has 2 nitrogen and oxygen atoms in total. The van der Waals surface area contributed by atoms with Gasteiger partial charge in [-0.2, -0.15) is 0 Å². The molecule has 0 spiro atoms. The van der Waals surface area contributed by atoms with Gasteiger partial charge in [-0.3, -0.25) is 0 Å². The molecule has 0 saturated heterocycles. The smallest absolute Gasteiger partial charge is 0.0466 e. The molecule has 1 aromatic carbocycles. The van der Waals surface area contributed by atoms with Crippen molar-refractivity contribution in [3.05, 3.63) is 35.4 Å². The molecule has 1 aliphatic rings. The molecule has 0 aromatic heterocycles. The van der Waals surface area contributed by atoms with Crippen LogP contribution in [-0.4, -0.2) is 13.2 Å². The molecule has 15 heavy (non-hydrogen) atoms. The summed E-state index contributed by atoms with van der Waals surface area (Å²) in [6.07, 6.45) is 2.32. The summed E-state index contributed by atoms with van der Waals surface area (Å²) in [5.41, 5.74) is 2.94. The van der Waals surface area contributed by atoms with Crippen LogP contribution < -0.4 is 5.32 Å². The van der Waals surface area contributed by atoms with Gasteiger partial charge in [-0.15, -0.1) is 0 Å². The van der Waals surface area contributed by atoms with Crippen molar-refractivity contribution >= 4 is 0 Å². The van der Waals surface area contributed by atoms with Crippen LogP contribution in [-0.2, 0) is 11.3 Å². The summed E-state index contributed by atoms with van der Waals surface area (Å²) >= 11 is 0. The maximum absolute atomic E-state index is 5.35. The fourth-order valence-corrected chi connectivity index (χ4v) is 2.17. The van der Waals surface area contributed by atoms with Gasteiger partial charge in [0.2, 0.25) is 0 Å². The highest BCUT2D eigenvalue weighted by Gasteiger charge is 2.19. The zero-order chi connectivity index (χ0) is 10.5. The van der Waals surface area contributed by atoms with Crippen molar-refractivity contribution in [1.29, 1.82) is 0 Å². The van der Waals surface area contributed by atoms with Gasteiger partial charge in [-0.05, 0) is 30.9 Å². The zero-order valence-corrected chi connectivity index (χ0v) is 9.33. The van der Waals surface area contributed by atoms with Crippen LogP contribution in [0, 0.1) is 0 Å². The van der Waals surface area contributed by atoms with Crippen LogP contribution in [0.5, 0.6) is 0 Å². The molecular formula is C13H19NO. The Balaban J connectivity index is 1.85. The Morgan fingerprint density at radius 1 is 1.40 bits per heavy atom. The van der Waals surface area contributed by atoms with Crippen LogP contribution in [0.2, 0.25) is 0 Å². The fourth-order valence-electron chi connectivity index (χ4n) is 2.17. The molecule has 1 aromatic rings. The molecule has 1 heterocycles. The summed E-state index contributed by atoms with van der Waals surface area (Å²) in [5, 5.41) is 3.54. The molecular weight excluding hydrogens is 186 g/mol. The Hall–Kier alpha value is -0.860. The Bertz CT molecular complexity index is 311. The number of benzene rings is 1. The Morgan fingerprint density at radius 3 is 3.13 bits per heavy atom. The van der Waals surface area contributed by atoms with Crippen LogP contribution in [0.1, 0.15) is 36.9 Å². The van der Waals surface area contributed by atoms with E-state index in [2.05, 4.69) is 29.6 Å². The first-order valence-electron chi connectivity index (χ1n) is 5.80. The van der Waals surface area contributed by atoms with Gasteiger partial charge in [0.25, 0.3) is 0 Å². The highest BCUT2D eigenvalue weighted by Crippen LogP contribution is 2.28. The maximum Gasteiger partial charge on any atom is 0.0466 e. The average Bonchev–Trinajstić information content (AvgIpc) is 2.68. The van der Waals surface area contributed by atoms with Crippen LogP contribution in [0.4, 0.5) is 0 Å². The molecule has 0 saturated carbocycles. The van der Waals surface area contributed by atoms with Gasteiger partial charge in [0.15, 0.2) is 0 Å². The van der Waals surface area contributed by atoms with E-state index < -0.39 is 0 Å². The molecule has 0 aliphatic carbocycles. The van der Waals surface area contributed by atoms with Crippen LogP contribution in [0.3, 0.4) is 0 Å². The minimum absolute atomic E-state index is 0.543. The topological polar surface area (TPSA) is 21.3 Å². The van der Waals surface area contributed by atoms with Crippen molar-refractivity contribution in [2.75, 3.05) is 13.2 Å². The van der Waals surface area contributed by atoms with Gasteiger partial charge in [-0.1, -0.05) is 24.3 Å². The van der Waals surface area contributed by atoms with Gasteiger partial charge >= 0.3 is 0 Å². The van der Waals surface area contributed by atoms with Crippen molar-refractivity contribution in [2.45, 2.75) is 32.4 Å². The molecule has 0 bridgehead atoms. The monoisotopic (exact) mass is 205 g/mol. The second-order valence-corrected chi connectivity index (χ2v) is 3.97. The lowest BCUT2D eigenvalue weighted by Crippen LogP contribution is -2.12. The summed E-state index contributed by atoms with van der Waals surface area (Å²) in [6.45, 7) is 4.78. The quantitative estimate of drug-likeness (QED) is 0.746. The number of hydrogen-bond donors (Lipinski definition) is 1. The molecule has 1 aliphatic heterocycles. The minimum atomic E-state index is 0.543. The molecule has 1 unspecified atom stereocenters. The van der Waals surface area contributed by atoms with Crippen LogP contribution in [0.15, 0.2) is 24.3 Å². The third-order valence-corrected chi connectivity index (χ3v) is 2.96. The lowest BCUT2D eigenvalue weighted by atomic mass is 10.0. The lowest BCUT2D eigenvalue weighted by Gasteiger charge is -2.11. The molecule has 1 N–H and O–H groups in total. The van der Waals surface area contributed by atoms with E-state index in [0.717, 1.165) is 26.2 Å². The lowest BCUT2D eigenvalue weighted by molar-refractivity contribution is 0.141. The van der Waals surface area contributed by atoms with Crippen molar-refractivity contribution in [2.24, 2.45) is 0 Å². The standard InChI is InChI=1S/C13H19NO/c1-2-15-9-5-8-13-12-7-4-3-6-11(12)10-14-13/h3-4,6-7,13-14H,2,5,8-10H2,1H3. The number of nitrogens with one attached hydrogen (secondary N) is 1. The van der Waals surface area contributed by atoms with Crippen molar-refractivity contribution < 1.29 is 4.74 Å². The number of rotatable bonds is 5. The molecule has 0 radical (unpaired) electrons. The highest BCUT2D eigenvalue weighted by molar-refractivity contribution is 5.33. The second-order valence-electron chi connectivity index (χ2n) is 3.97. The van der Waals surface area contributed by atoms with Crippen molar-refractivity contribution in [3.63, 3.8) is 0 Å². The van der Waals surface area contributed by atoms with Gasteiger partial charge in [0, 0.05) is 25.8 Å². The first-order chi connectivity index (χ1) is 7.42. The predicted octanol–water partition coefficient (Wildman–Crippen LogP) is 2.65. The van der Waals surface area contributed by atoms with E-state index in [9.17, 15) is 0 Å². The first kappa shape index (κ1) is 10.7. The van der Waals surface area contributed by atoms with Crippen LogP contribution in [0.25, 0.3) is 0 Å². The zero-order valence-electron chi connectivity index (χ0n) is 9.33. The normalized spacial score (nSPS) is 19.1. The first-order valence-corrected chi connectivity index (χ1v) is 5.80. The minimum Gasteiger partial charge on any atom is -0.382 e. The Morgan fingerprint density at radius 2 is 2.27 bits per heavy atom. The number of hydrogen-bond acceptors (Lipinski definition) is 2. The molecule has 82 valence electrons. The highest BCUT2D eigenvalue weighted by atomic mass is 16.5. The number of fused-ring (bicyclic) bond motifs is 1. The average molecular weight is 205 g/mol. The summed E-state index contributed by atoms with van der Waals surface area (Å²) in [4.78, 5) is 0. The van der Waals surface area contributed by atoms with E-state index in [1.165, 1.54) is 17.5 Å². The number of ether oxygens (including phenoxy) is 1. The molecule has 0 fully saturated rings. The SMILES string of the molecule is CCOCCCC1NCc2ccccc21. The molecule has 0 amide bonds. The molecule has 1 atom stereocenters. The van der Waals surface area contributed by atoms with E-state index in [-0.39, 0.29) is 0 Å². The van der Waals surface area contributed by atoms with E-state index in [0.29, 0.717) is 6.04 Å². The van der Waals surface area contributed by atoms with E-state index in [1.54, 1.807) is 0 Å². The van der Waals surface area contributed by atoms with E-state index in [1.807, 2.05) is 6.92 Å². The van der Waals surface area contributed by atoms with Gasteiger partial charge in [0.1, 0.15) is 0 Å². The van der Waals surface area contributed by atoms with Gasteiger partial charge < -0.3 is 10.1 Å².